The second-order valence-electron chi connectivity index (χ2n) is 8.07. The highest BCUT2D eigenvalue weighted by molar-refractivity contribution is 5.95. The monoisotopic (exact) mass is 492 g/mol. The van der Waals surface area contributed by atoms with Crippen LogP contribution in [0.5, 0.6) is 5.75 Å². The number of benzene rings is 1. The fourth-order valence-corrected chi connectivity index (χ4v) is 4.04. The number of carbonyl (C=O) groups is 1. The van der Waals surface area contributed by atoms with E-state index in [1.807, 2.05) is 0 Å². The molecule has 1 aliphatic rings. The maximum atomic E-state index is 14.4. The van der Waals surface area contributed by atoms with Gasteiger partial charge in [0, 0.05) is 29.3 Å². The molecule has 12 heteroatoms. The smallest absolute Gasteiger partial charge is 0.417 e. The van der Waals surface area contributed by atoms with E-state index in [0.29, 0.717) is 0 Å². The number of nitrogens with zero attached hydrogens (tertiary/aromatic N) is 1. The molecule has 0 unspecified atom stereocenters. The van der Waals surface area contributed by atoms with Gasteiger partial charge in [-0.3, -0.25) is 9.78 Å². The van der Waals surface area contributed by atoms with Gasteiger partial charge in [0.2, 0.25) is 5.82 Å². The van der Waals surface area contributed by atoms with Crippen molar-refractivity contribution in [3.05, 3.63) is 53.4 Å². The number of aliphatic hydroxyl groups excluding tert-OH is 1. The molecule has 186 valence electrons. The molecule has 1 amide bonds. The van der Waals surface area contributed by atoms with Crippen LogP contribution in [0.1, 0.15) is 37.1 Å². The summed E-state index contributed by atoms with van der Waals surface area (Å²) in [5.74, 6) is -7.14. The van der Waals surface area contributed by atoms with E-state index in [9.17, 15) is 36.2 Å². The number of nitrogens with one attached hydrogen (secondary N) is 1. The summed E-state index contributed by atoms with van der Waals surface area (Å²) >= 11 is 0. The number of alkyl halides is 4. The Labute approximate surface area is 190 Å². The van der Waals surface area contributed by atoms with E-state index in [2.05, 4.69) is 10.3 Å². The van der Waals surface area contributed by atoms with Crippen LogP contribution in [0.25, 0.3) is 0 Å². The molecule has 1 saturated heterocycles. The van der Waals surface area contributed by atoms with Crippen molar-refractivity contribution in [2.45, 2.75) is 43.8 Å². The highest BCUT2D eigenvalue weighted by atomic mass is 19.4. The number of hydrogen-bond donors (Lipinski definition) is 2. The molecule has 1 fully saturated rings. The largest absolute Gasteiger partial charge is 0.493 e. The number of aliphatic hydroxyl groups is 1. The molecule has 1 aromatic heterocycles. The zero-order chi connectivity index (χ0) is 25.4. The molecule has 0 saturated carbocycles. The summed E-state index contributed by atoms with van der Waals surface area (Å²) in [6.45, 7) is 0.816. The van der Waals surface area contributed by atoms with E-state index in [0.717, 1.165) is 38.4 Å². The first kappa shape index (κ1) is 25.8. The van der Waals surface area contributed by atoms with Crippen LogP contribution < -0.4 is 10.1 Å². The maximum absolute atomic E-state index is 14.4. The van der Waals surface area contributed by atoms with Gasteiger partial charge in [-0.1, -0.05) is 13.0 Å². The molecule has 6 nitrogen and oxygen atoms in total. The summed E-state index contributed by atoms with van der Waals surface area (Å²) in [4.78, 5) is 16.9. The molecule has 0 aliphatic carbocycles. The first-order valence-electron chi connectivity index (χ1n) is 10.1. The van der Waals surface area contributed by atoms with Gasteiger partial charge in [-0.25, -0.2) is 8.78 Å². The lowest BCUT2D eigenvalue weighted by atomic mass is 9.77. The lowest BCUT2D eigenvalue weighted by Crippen LogP contribution is -2.47. The molecule has 2 N–H and O–H groups in total. The lowest BCUT2D eigenvalue weighted by Gasteiger charge is -2.32. The fraction of sp³-hybridized carbons (Fsp3) is 0.455. The lowest BCUT2D eigenvalue weighted by molar-refractivity contribution is -0.272. The van der Waals surface area contributed by atoms with Gasteiger partial charge in [-0.2, -0.15) is 17.6 Å². The van der Waals surface area contributed by atoms with Crippen LogP contribution in [0, 0.1) is 17.6 Å². The number of amides is 1. The van der Waals surface area contributed by atoms with Crippen molar-refractivity contribution >= 4 is 11.6 Å². The van der Waals surface area contributed by atoms with Crippen LogP contribution in [0.4, 0.5) is 32.0 Å². The van der Waals surface area contributed by atoms with Crippen molar-refractivity contribution in [3.63, 3.8) is 0 Å². The molecule has 5 atom stereocenters. The van der Waals surface area contributed by atoms with Crippen molar-refractivity contribution in [3.8, 4) is 5.75 Å². The highest BCUT2D eigenvalue weighted by Crippen LogP contribution is 2.55. The molecule has 34 heavy (non-hydrogen) atoms. The molecule has 1 aromatic carbocycles. The van der Waals surface area contributed by atoms with E-state index in [1.165, 1.54) is 13.0 Å². The number of methoxy groups -OCH3 is 1. The number of hydrogen-bond acceptors (Lipinski definition) is 5. The van der Waals surface area contributed by atoms with Crippen LogP contribution in [-0.2, 0) is 9.53 Å². The molecule has 2 heterocycles. The summed E-state index contributed by atoms with van der Waals surface area (Å²) in [5, 5.41) is 12.0. The Bertz CT molecular complexity index is 1070. The minimum absolute atomic E-state index is 0.00960. The quantitative estimate of drug-likeness (QED) is 0.583. The number of rotatable bonds is 6. The maximum Gasteiger partial charge on any atom is 0.417 e. The Kier molecular flexibility index (Phi) is 7.13. The number of carbonyl (C=O) groups excluding carboxylic acids is 1. The van der Waals surface area contributed by atoms with Gasteiger partial charge in [0.15, 0.2) is 17.2 Å². The first-order valence-corrected chi connectivity index (χ1v) is 10.1. The zero-order valence-corrected chi connectivity index (χ0v) is 18.3. The van der Waals surface area contributed by atoms with Gasteiger partial charge in [-0.15, -0.1) is 0 Å². The van der Waals surface area contributed by atoms with Gasteiger partial charge in [0.25, 0.3) is 5.91 Å². The third-order valence-electron chi connectivity index (χ3n) is 6.11. The topological polar surface area (TPSA) is 80.7 Å². The second-order valence-corrected chi connectivity index (χ2v) is 8.07. The molecule has 0 spiro atoms. The van der Waals surface area contributed by atoms with Crippen LogP contribution >= 0.6 is 0 Å². The van der Waals surface area contributed by atoms with Crippen LogP contribution in [0.3, 0.4) is 0 Å². The van der Waals surface area contributed by atoms with Gasteiger partial charge in [-0.05, 0) is 25.1 Å². The van der Waals surface area contributed by atoms with E-state index in [4.69, 9.17) is 9.47 Å². The molecular weight excluding hydrogens is 470 g/mol. The zero-order valence-electron chi connectivity index (χ0n) is 18.3. The summed E-state index contributed by atoms with van der Waals surface area (Å²) in [6.07, 6.45) is -7.09. The van der Waals surface area contributed by atoms with Crippen LogP contribution in [0.15, 0.2) is 30.5 Å². The van der Waals surface area contributed by atoms with Crippen molar-refractivity contribution < 1.29 is 45.7 Å². The first-order chi connectivity index (χ1) is 15.9. The van der Waals surface area contributed by atoms with Crippen molar-refractivity contribution in [1.82, 2.24) is 4.98 Å². The van der Waals surface area contributed by atoms with Gasteiger partial charge in [0.05, 0.1) is 12.8 Å². The van der Waals surface area contributed by atoms with Crippen molar-refractivity contribution in [1.29, 1.82) is 0 Å². The summed E-state index contributed by atoms with van der Waals surface area (Å²) in [5.41, 5.74) is -3.08. The van der Waals surface area contributed by atoms with E-state index < -0.39 is 65.8 Å². The van der Waals surface area contributed by atoms with Crippen molar-refractivity contribution in [2.24, 2.45) is 5.92 Å². The third kappa shape index (κ3) is 4.43. The fourth-order valence-electron chi connectivity index (χ4n) is 4.04. The Balaban J connectivity index is 2.05. The van der Waals surface area contributed by atoms with Gasteiger partial charge in [0.1, 0.15) is 18.9 Å². The number of halogens is 6. The average molecular weight is 492 g/mol. The normalized spacial score (nSPS) is 25.8. The number of ether oxygens (including phenoxy) is 2. The van der Waals surface area contributed by atoms with E-state index >= 15 is 0 Å². The molecule has 1 aliphatic heterocycles. The average Bonchev–Trinajstić information content (AvgIpc) is 3.07. The standard InChI is InChI=1S/C22H22F6N2O4/c1-10-16(12-4-5-13(24)17(25)18(12)33-3)19(34-21(10,2)22(26,27)28)20(32)30-11-6-7-29-14(8-11)15(31)9-23/h4-8,10,15-16,19,31H,9H2,1-3H3,(H,29,30,32)/t10-,15-,16-,19+,21+/m0/s1. The molecule has 0 bridgehead atoms. The minimum atomic E-state index is -4.90. The Hall–Kier alpha value is -2.86. The number of aromatic nitrogens is 1. The third-order valence-corrected chi connectivity index (χ3v) is 6.11. The summed E-state index contributed by atoms with van der Waals surface area (Å²) in [7, 11) is 1.02. The highest BCUT2D eigenvalue weighted by Gasteiger charge is 2.65. The van der Waals surface area contributed by atoms with Crippen LogP contribution in [0.2, 0.25) is 0 Å². The molecule has 3 rings (SSSR count). The molecule has 0 radical (unpaired) electrons. The van der Waals surface area contributed by atoms with Gasteiger partial charge < -0.3 is 19.9 Å². The van der Waals surface area contributed by atoms with E-state index in [1.54, 1.807) is 0 Å². The Morgan fingerprint density at radius 1 is 1.32 bits per heavy atom. The minimum Gasteiger partial charge on any atom is -0.493 e. The summed E-state index contributed by atoms with van der Waals surface area (Å²) < 4.78 is 92.9. The SMILES string of the molecule is COc1c([C@H]2[C@H](C(=O)Nc3ccnc([C@@H](O)CF)c3)O[C@@](C)(C(F)(F)F)[C@H]2C)ccc(F)c1F. The number of pyridine rings is 1. The molecular formula is C22H22F6N2O4. The molecule has 2 aromatic rings. The Morgan fingerprint density at radius 2 is 2.00 bits per heavy atom. The summed E-state index contributed by atoms with van der Waals surface area (Å²) in [6, 6.07) is 4.20. The second kappa shape index (κ2) is 9.41. The van der Waals surface area contributed by atoms with Crippen LogP contribution in [-0.4, -0.2) is 47.7 Å². The predicted molar refractivity (Wildman–Crippen MR) is 108 cm³/mol. The number of anilines is 1. The Morgan fingerprint density at radius 3 is 2.59 bits per heavy atom. The predicted octanol–water partition coefficient (Wildman–Crippen LogP) is 4.45. The van der Waals surface area contributed by atoms with Gasteiger partial charge >= 0.3 is 6.18 Å². The van der Waals surface area contributed by atoms with Crippen molar-refractivity contribution in [2.75, 3.05) is 19.1 Å². The van der Waals surface area contributed by atoms with E-state index in [-0.39, 0.29) is 16.9 Å².